The minimum atomic E-state index is -5.65. The molecular weight excluding hydrogens is 441 g/mol. The number of hydrogen-bond acceptors (Lipinski definition) is 3. The summed E-state index contributed by atoms with van der Waals surface area (Å²) >= 11 is 0. The summed E-state index contributed by atoms with van der Waals surface area (Å²) in [6.45, 7) is 0.0548. The van der Waals surface area contributed by atoms with Gasteiger partial charge in [0, 0.05) is 29.4 Å². The SMILES string of the molecule is FC(F)(F)C(F)(F)c1cccc(CNc2cccc(Oc3cccc(-c4ccco4)c3)c2)c1. The van der Waals surface area contributed by atoms with Gasteiger partial charge < -0.3 is 14.5 Å². The quantitative estimate of drug-likeness (QED) is 0.284. The fraction of sp³-hybridized carbons (Fsp3) is 0.120. The van der Waals surface area contributed by atoms with Gasteiger partial charge in [-0.3, -0.25) is 0 Å². The third kappa shape index (κ3) is 5.16. The van der Waals surface area contributed by atoms with Crippen LogP contribution in [0.25, 0.3) is 11.3 Å². The van der Waals surface area contributed by atoms with E-state index >= 15 is 0 Å². The number of alkyl halides is 5. The highest BCUT2D eigenvalue weighted by Crippen LogP contribution is 2.44. The van der Waals surface area contributed by atoms with E-state index in [9.17, 15) is 22.0 Å². The summed E-state index contributed by atoms with van der Waals surface area (Å²) in [5.74, 6) is -3.10. The smallest absolute Gasteiger partial charge is 0.458 e. The van der Waals surface area contributed by atoms with Crippen molar-refractivity contribution in [2.24, 2.45) is 0 Å². The Morgan fingerprint density at radius 2 is 1.48 bits per heavy atom. The van der Waals surface area contributed by atoms with E-state index < -0.39 is 17.7 Å². The molecule has 1 N–H and O–H groups in total. The van der Waals surface area contributed by atoms with Crippen molar-refractivity contribution in [3.05, 3.63) is 102 Å². The number of hydrogen-bond donors (Lipinski definition) is 1. The molecule has 4 rings (SSSR count). The van der Waals surface area contributed by atoms with Gasteiger partial charge in [-0.1, -0.05) is 36.4 Å². The standard InChI is InChI=1S/C25H18F5NO2/c26-24(27,25(28,29)30)19-7-1-5-17(13-19)16-31-20-8-3-10-22(15-20)33-21-9-2-6-18(14-21)23-11-4-12-32-23/h1-15,31H,16H2. The molecule has 0 bridgehead atoms. The van der Waals surface area contributed by atoms with Gasteiger partial charge in [0.25, 0.3) is 0 Å². The Hall–Kier alpha value is -3.81. The van der Waals surface area contributed by atoms with E-state index in [0.717, 1.165) is 17.7 Å². The molecule has 0 fully saturated rings. The molecule has 3 aromatic carbocycles. The number of ether oxygens (including phenoxy) is 1. The number of benzene rings is 3. The first-order chi connectivity index (χ1) is 15.7. The summed E-state index contributed by atoms with van der Waals surface area (Å²) in [6.07, 6.45) is -4.07. The molecule has 0 atom stereocenters. The predicted molar refractivity (Wildman–Crippen MR) is 114 cm³/mol. The summed E-state index contributed by atoms with van der Waals surface area (Å²) in [6, 6.07) is 22.2. The minimum absolute atomic E-state index is 0.0548. The van der Waals surface area contributed by atoms with Crippen LogP contribution in [0.1, 0.15) is 11.1 Å². The van der Waals surface area contributed by atoms with Crippen molar-refractivity contribution in [1.82, 2.24) is 0 Å². The molecule has 1 heterocycles. The molecule has 0 aliphatic heterocycles. The Kier molecular flexibility index (Phi) is 6.09. The van der Waals surface area contributed by atoms with Crippen LogP contribution in [0.4, 0.5) is 27.6 Å². The van der Waals surface area contributed by atoms with Gasteiger partial charge in [-0.05, 0) is 48.0 Å². The Balaban J connectivity index is 1.45. The van der Waals surface area contributed by atoms with E-state index in [-0.39, 0.29) is 12.1 Å². The number of furan rings is 1. The molecule has 0 aliphatic rings. The Labute approximate surface area is 186 Å². The van der Waals surface area contributed by atoms with Gasteiger partial charge in [0.1, 0.15) is 17.3 Å². The van der Waals surface area contributed by atoms with E-state index in [1.165, 1.54) is 12.1 Å². The molecule has 0 spiro atoms. The van der Waals surface area contributed by atoms with Crippen LogP contribution in [0.3, 0.4) is 0 Å². The first-order valence-corrected chi connectivity index (χ1v) is 9.92. The number of halogens is 5. The summed E-state index contributed by atoms with van der Waals surface area (Å²) in [4.78, 5) is 0. The van der Waals surface area contributed by atoms with Crippen LogP contribution < -0.4 is 10.1 Å². The first-order valence-electron chi connectivity index (χ1n) is 9.92. The highest BCUT2D eigenvalue weighted by atomic mass is 19.4. The zero-order valence-electron chi connectivity index (χ0n) is 17.1. The summed E-state index contributed by atoms with van der Waals surface area (Å²) < 4.78 is 76.5. The van der Waals surface area contributed by atoms with E-state index in [1.807, 2.05) is 24.3 Å². The van der Waals surface area contributed by atoms with Crippen LogP contribution in [-0.4, -0.2) is 6.18 Å². The zero-order valence-corrected chi connectivity index (χ0v) is 17.1. The lowest BCUT2D eigenvalue weighted by Crippen LogP contribution is -2.33. The molecule has 0 amide bonds. The molecule has 4 aromatic rings. The van der Waals surface area contributed by atoms with Crippen LogP contribution in [0.2, 0.25) is 0 Å². The molecule has 0 aliphatic carbocycles. The largest absolute Gasteiger partial charge is 0.464 e. The van der Waals surface area contributed by atoms with Gasteiger partial charge in [0.15, 0.2) is 0 Å². The maximum atomic E-state index is 13.6. The lowest BCUT2D eigenvalue weighted by Gasteiger charge is -2.20. The lowest BCUT2D eigenvalue weighted by molar-refractivity contribution is -0.289. The van der Waals surface area contributed by atoms with Crippen LogP contribution in [0, 0.1) is 0 Å². The summed E-state index contributed by atoms with van der Waals surface area (Å²) in [5.41, 5.74) is 0.654. The number of anilines is 1. The fourth-order valence-corrected chi connectivity index (χ4v) is 3.21. The Bertz CT molecular complexity index is 1220. The van der Waals surface area contributed by atoms with Crippen LogP contribution in [-0.2, 0) is 12.5 Å². The Morgan fingerprint density at radius 1 is 0.758 bits per heavy atom. The van der Waals surface area contributed by atoms with Gasteiger partial charge in [-0.2, -0.15) is 22.0 Å². The van der Waals surface area contributed by atoms with E-state index in [0.29, 0.717) is 22.9 Å². The van der Waals surface area contributed by atoms with Crippen molar-refractivity contribution in [2.75, 3.05) is 5.32 Å². The monoisotopic (exact) mass is 459 g/mol. The lowest BCUT2D eigenvalue weighted by atomic mass is 10.0. The third-order valence-electron chi connectivity index (χ3n) is 4.85. The highest BCUT2D eigenvalue weighted by molar-refractivity contribution is 5.60. The molecule has 170 valence electrons. The highest BCUT2D eigenvalue weighted by Gasteiger charge is 2.58. The van der Waals surface area contributed by atoms with Crippen molar-refractivity contribution in [3.63, 3.8) is 0 Å². The van der Waals surface area contributed by atoms with Crippen molar-refractivity contribution in [1.29, 1.82) is 0 Å². The maximum Gasteiger partial charge on any atom is 0.458 e. The maximum absolute atomic E-state index is 13.6. The molecule has 0 radical (unpaired) electrons. The minimum Gasteiger partial charge on any atom is -0.464 e. The van der Waals surface area contributed by atoms with Crippen LogP contribution in [0.5, 0.6) is 11.5 Å². The van der Waals surface area contributed by atoms with Gasteiger partial charge >= 0.3 is 12.1 Å². The summed E-state index contributed by atoms with van der Waals surface area (Å²) in [7, 11) is 0. The average Bonchev–Trinajstić information content (AvgIpc) is 3.33. The number of nitrogens with one attached hydrogen (secondary N) is 1. The molecule has 0 unspecified atom stereocenters. The van der Waals surface area contributed by atoms with Crippen LogP contribution in [0.15, 0.2) is 95.6 Å². The number of rotatable bonds is 7. The van der Waals surface area contributed by atoms with Gasteiger partial charge in [0.05, 0.1) is 6.26 Å². The molecule has 33 heavy (non-hydrogen) atoms. The molecule has 3 nitrogen and oxygen atoms in total. The van der Waals surface area contributed by atoms with Crippen molar-refractivity contribution < 1.29 is 31.1 Å². The van der Waals surface area contributed by atoms with Crippen LogP contribution >= 0.6 is 0 Å². The molecule has 1 aromatic heterocycles. The molecule has 0 saturated heterocycles. The first kappa shape index (κ1) is 22.4. The van der Waals surface area contributed by atoms with E-state index in [4.69, 9.17) is 9.15 Å². The second kappa shape index (κ2) is 8.97. The van der Waals surface area contributed by atoms with Gasteiger partial charge in [0.2, 0.25) is 0 Å². The van der Waals surface area contributed by atoms with E-state index in [2.05, 4.69) is 5.32 Å². The normalized spacial score (nSPS) is 11.9. The van der Waals surface area contributed by atoms with Crippen molar-refractivity contribution in [3.8, 4) is 22.8 Å². The average molecular weight is 459 g/mol. The predicted octanol–water partition coefficient (Wildman–Crippen LogP) is 8.01. The molecular formula is C25H18F5NO2. The van der Waals surface area contributed by atoms with Gasteiger partial charge in [-0.25, -0.2) is 0 Å². The van der Waals surface area contributed by atoms with Crippen molar-refractivity contribution in [2.45, 2.75) is 18.6 Å². The molecule has 0 saturated carbocycles. The summed E-state index contributed by atoms with van der Waals surface area (Å²) in [5, 5.41) is 3.02. The van der Waals surface area contributed by atoms with Crippen molar-refractivity contribution >= 4 is 5.69 Å². The zero-order chi connectivity index (χ0) is 23.5. The second-order valence-corrected chi connectivity index (χ2v) is 7.26. The van der Waals surface area contributed by atoms with Gasteiger partial charge in [-0.15, -0.1) is 0 Å². The topological polar surface area (TPSA) is 34.4 Å². The third-order valence-corrected chi connectivity index (χ3v) is 4.85. The molecule has 8 heteroatoms. The van der Waals surface area contributed by atoms with E-state index in [1.54, 1.807) is 42.7 Å². The second-order valence-electron chi connectivity index (χ2n) is 7.26. The Morgan fingerprint density at radius 3 is 2.21 bits per heavy atom. The fourth-order valence-electron chi connectivity index (χ4n) is 3.21.